The lowest BCUT2D eigenvalue weighted by Crippen LogP contribution is -2.04. The van der Waals surface area contributed by atoms with Crippen molar-refractivity contribution in [3.63, 3.8) is 0 Å². The van der Waals surface area contributed by atoms with Gasteiger partial charge in [-0.3, -0.25) is 0 Å². The molecule has 0 amide bonds. The Morgan fingerprint density at radius 2 is 1.54 bits per heavy atom. The van der Waals surface area contributed by atoms with Gasteiger partial charge < -0.3 is 0 Å². The SMILES string of the molecule is C=C(CCC(=C)c1ccc2c(c1)CCCS2)c1ccc(C(F)(F)F)cc1. The standard InChI is InChI=1S/C22H21F3S/c1-15(17-7-10-20(11-8-17)22(23,24)25)5-6-16(2)18-9-12-21-19(14-18)4-3-13-26-21/h7-12,14H,1-6,13H2. The summed E-state index contributed by atoms with van der Waals surface area (Å²) in [6.45, 7) is 8.22. The molecule has 4 heteroatoms. The Hall–Kier alpha value is -1.94. The van der Waals surface area contributed by atoms with Gasteiger partial charge in [-0.2, -0.15) is 13.2 Å². The van der Waals surface area contributed by atoms with Gasteiger partial charge in [0, 0.05) is 4.90 Å². The highest BCUT2D eigenvalue weighted by Crippen LogP contribution is 2.34. The number of hydrogen-bond donors (Lipinski definition) is 0. The molecule has 0 saturated heterocycles. The average Bonchev–Trinajstić information content (AvgIpc) is 2.64. The summed E-state index contributed by atoms with van der Waals surface area (Å²) in [5.74, 6) is 1.18. The summed E-state index contributed by atoms with van der Waals surface area (Å²) in [6.07, 6.45) is -0.569. The molecular weight excluding hydrogens is 353 g/mol. The zero-order valence-electron chi connectivity index (χ0n) is 14.5. The third-order valence-corrected chi connectivity index (χ3v) is 5.87. The average molecular weight is 374 g/mol. The van der Waals surface area contributed by atoms with Crippen molar-refractivity contribution < 1.29 is 13.2 Å². The minimum atomic E-state index is -4.31. The normalized spacial score (nSPS) is 14.0. The van der Waals surface area contributed by atoms with Gasteiger partial charge in [-0.1, -0.05) is 37.4 Å². The van der Waals surface area contributed by atoms with Crippen LogP contribution < -0.4 is 0 Å². The zero-order chi connectivity index (χ0) is 18.7. The highest BCUT2D eigenvalue weighted by Gasteiger charge is 2.29. The van der Waals surface area contributed by atoms with E-state index in [-0.39, 0.29) is 0 Å². The van der Waals surface area contributed by atoms with Crippen LogP contribution in [0.4, 0.5) is 13.2 Å². The maximum absolute atomic E-state index is 12.6. The van der Waals surface area contributed by atoms with Gasteiger partial charge in [0.1, 0.15) is 0 Å². The van der Waals surface area contributed by atoms with E-state index in [0.29, 0.717) is 6.42 Å². The second kappa shape index (κ2) is 7.75. The van der Waals surface area contributed by atoms with E-state index in [9.17, 15) is 13.2 Å². The fourth-order valence-corrected chi connectivity index (χ4v) is 4.08. The smallest absolute Gasteiger partial charge is 0.166 e. The molecule has 2 aromatic carbocycles. The molecule has 136 valence electrons. The zero-order valence-corrected chi connectivity index (χ0v) is 15.3. The van der Waals surface area contributed by atoms with E-state index < -0.39 is 11.7 Å². The summed E-state index contributed by atoms with van der Waals surface area (Å²) in [5.41, 5.74) is 4.51. The van der Waals surface area contributed by atoms with E-state index in [0.717, 1.165) is 47.2 Å². The number of aryl methyl sites for hydroxylation is 1. The molecule has 1 heterocycles. The summed E-state index contributed by atoms with van der Waals surface area (Å²) in [4.78, 5) is 1.36. The summed E-state index contributed by atoms with van der Waals surface area (Å²) in [5, 5.41) is 0. The fourth-order valence-electron chi connectivity index (χ4n) is 3.07. The largest absolute Gasteiger partial charge is 0.416 e. The molecule has 0 aliphatic carbocycles. The van der Waals surface area contributed by atoms with Crippen molar-refractivity contribution in [2.45, 2.75) is 36.8 Å². The Labute approximate surface area is 156 Å². The molecule has 0 unspecified atom stereocenters. The van der Waals surface area contributed by atoms with Gasteiger partial charge in [0.25, 0.3) is 0 Å². The van der Waals surface area contributed by atoms with Crippen LogP contribution in [-0.4, -0.2) is 5.75 Å². The molecule has 1 aliphatic rings. The highest BCUT2D eigenvalue weighted by atomic mass is 32.2. The van der Waals surface area contributed by atoms with Crippen molar-refractivity contribution in [3.8, 4) is 0 Å². The van der Waals surface area contributed by atoms with E-state index in [1.54, 1.807) is 0 Å². The van der Waals surface area contributed by atoms with Crippen LogP contribution in [0.15, 0.2) is 60.5 Å². The molecule has 0 N–H and O–H groups in total. The van der Waals surface area contributed by atoms with Crippen molar-refractivity contribution >= 4 is 22.9 Å². The molecule has 0 saturated carbocycles. The number of halogens is 3. The van der Waals surface area contributed by atoms with E-state index >= 15 is 0 Å². The number of allylic oxidation sites excluding steroid dienone is 2. The van der Waals surface area contributed by atoms with Crippen LogP contribution in [0.25, 0.3) is 11.1 Å². The molecule has 0 bridgehead atoms. The van der Waals surface area contributed by atoms with Gasteiger partial charge in [-0.05, 0) is 77.5 Å². The predicted octanol–water partition coefficient (Wildman–Crippen LogP) is 7.25. The van der Waals surface area contributed by atoms with Gasteiger partial charge in [-0.25, -0.2) is 0 Å². The number of benzene rings is 2. The highest BCUT2D eigenvalue weighted by molar-refractivity contribution is 7.99. The molecule has 26 heavy (non-hydrogen) atoms. The number of alkyl halides is 3. The number of rotatable bonds is 5. The first-order valence-corrected chi connectivity index (χ1v) is 9.62. The molecular formula is C22H21F3S. The summed E-state index contributed by atoms with van der Waals surface area (Å²) in [7, 11) is 0. The van der Waals surface area contributed by atoms with Crippen LogP contribution in [-0.2, 0) is 12.6 Å². The summed E-state index contributed by atoms with van der Waals surface area (Å²) < 4.78 is 37.9. The number of fused-ring (bicyclic) bond motifs is 1. The monoisotopic (exact) mass is 374 g/mol. The third-order valence-electron chi connectivity index (χ3n) is 4.67. The Morgan fingerprint density at radius 3 is 2.19 bits per heavy atom. The molecule has 0 spiro atoms. The molecule has 3 rings (SSSR count). The molecule has 0 atom stereocenters. The third kappa shape index (κ3) is 4.42. The van der Waals surface area contributed by atoms with Crippen molar-refractivity contribution in [3.05, 3.63) is 77.9 Å². The minimum absolute atomic E-state index is 0.634. The molecule has 0 radical (unpaired) electrons. The molecule has 1 aliphatic heterocycles. The van der Waals surface area contributed by atoms with E-state index in [4.69, 9.17) is 0 Å². The lowest BCUT2D eigenvalue weighted by molar-refractivity contribution is -0.137. The lowest BCUT2D eigenvalue weighted by Gasteiger charge is -2.17. The maximum Gasteiger partial charge on any atom is 0.416 e. The van der Waals surface area contributed by atoms with Gasteiger partial charge >= 0.3 is 6.18 Å². The first kappa shape index (κ1) is 18.8. The summed E-state index contributed by atoms with van der Waals surface area (Å²) in [6, 6.07) is 11.7. The maximum atomic E-state index is 12.6. The second-order valence-electron chi connectivity index (χ2n) is 6.56. The van der Waals surface area contributed by atoms with Crippen LogP contribution >= 0.6 is 11.8 Å². The van der Waals surface area contributed by atoms with Crippen LogP contribution in [0.3, 0.4) is 0 Å². The van der Waals surface area contributed by atoms with Crippen molar-refractivity contribution in [2.24, 2.45) is 0 Å². The van der Waals surface area contributed by atoms with Gasteiger partial charge in [0.15, 0.2) is 0 Å². The Balaban J connectivity index is 1.61. The van der Waals surface area contributed by atoms with Crippen molar-refractivity contribution in [2.75, 3.05) is 5.75 Å². The van der Waals surface area contributed by atoms with Gasteiger partial charge in [0.2, 0.25) is 0 Å². The van der Waals surface area contributed by atoms with Crippen molar-refractivity contribution in [1.29, 1.82) is 0 Å². The first-order valence-electron chi connectivity index (χ1n) is 8.64. The lowest BCUT2D eigenvalue weighted by atomic mass is 9.95. The topological polar surface area (TPSA) is 0 Å². The van der Waals surface area contributed by atoms with Crippen LogP contribution in [0.2, 0.25) is 0 Å². The van der Waals surface area contributed by atoms with Crippen LogP contribution in [0.1, 0.15) is 41.5 Å². The summed E-state index contributed by atoms with van der Waals surface area (Å²) >= 11 is 1.90. The molecule has 0 fully saturated rings. The predicted molar refractivity (Wildman–Crippen MR) is 104 cm³/mol. The number of thioether (sulfide) groups is 1. The van der Waals surface area contributed by atoms with Crippen molar-refractivity contribution in [1.82, 2.24) is 0 Å². The Bertz CT molecular complexity index is 816. The van der Waals surface area contributed by atoms with Gasteiger partial charge in [0.05, 0.1) is 5.56 Å². The fraction of sp³-hybridized carbons (Fsp3) is 0.273. The van der Waals surface area contributed by atoms with E-state index in [1.807, 2.05) is 11.8 Å². The molecule has 0 aromatic heterocycles. The van der Waals surface area contributed by atoms with E-state index in [1.165, 1.54) is 34.8 Å². The van der Waals surface area contributed by atoms with E-state index in [2.05, 4.69) is 31.4 Å². The first-order chi connectivity index (χ1) is 12.3. The second-order valence-corrected chi connectivity index (χ2v) is 7.69. The number of hydrogen-bond acceptors (Lipinski definition) is 1. The molecule has 0 nitrogen and oxygen atoms in total. The quantitative estimate of drug-likeness (QED) is 0.531. The van der Waals surface area contributed by atoms with Crippen LogP contribution in [0, 0.1) is 0 Å². The van der Waals surface area contributed by atoms with Gasteiger partial charge in [-0.15, -0.1) is 11.8 Å². The minimum Gasteiger partial charge on any atom is -0.166 e. The van der Waals surface area contributed by atoms with Crippen LogP contribution in [0.5, 0.6) is 0 Å². The molecule has 2 aromatic rings. The Kier molecular flexibility index (Phi) is 5.61. The Morgan fingerprint density at radius 1 is 0.923 bits per heavy atom.